The first kappa shape index (κ1) is 32.4. The number of esters is 1. The van der Waals surface area contributed by atoms with E-state index >= 15 is 0 Å². The van der Waals surface area contributed by atoms with Crippen molar-refractivity contribution >= 4 is 17.5 Å². The van der Waals surface area contributed by atoms with Gasteiger partial charge >= 0.3 is 12.1 Å². The molecule has 240 valence electrons. The summed E-state index contributed by atoms with van der Waals surface area (Å²) in [6.07, 6.45) is 5.21. The zero-order valence-corrected chi connectivity index (χ0v) is 26.4. The van der Waals surface area contributed by atoms with E-state index < -0.39 is 11.7 Å². The van der Waals surface area contributed by atoms with Crippen molar-refractivity contribution in [2.75, 3.05) is 30.0 Å². The number of nitriles is 1. The number of aromatic nitrogens is 2. The van der Waals surface area contributed by atoms with Crippen molar-refractivity contribution in [2.24, 2.45) is 18.9 Å². The van der Waals surface area contributed by atoms with Crippen LogP contribution < -0.4 is 9.80 Å². The average Bonchev–Trinajstić information content (AvgIpc) is 3.48. The van der Waals surface area contributed by atoms with Crippen LogP contribution in [-0.4, -0.2) is 35.9 Å². The molecule has 2 aliphatic carbocycles. The molecular formula is C35H42F3N5O2. The van der Waals surface area contributed by atoms with Crippen molar-refractivity contribution < 1.29 is 22.7 Å². The predicted molar refractivity (Wildman–Crippen MR) is 168 cm³/mol. The van der Waals surface area contributed by atoms with Crippen LogP contribution >= 0.6 is 0 Å². The highest BCUT2D eigenvalue weighted by Crippen LogP contribution is 2.36. The summed E-state index contributed by atoms with van der Waals surface area (Å²) in [5.74, 6) is 0.970. The number of benzene rings is 2. The second kappa shape index (κ2) is 14.0. The third-order valence-electron chi connectivity index (χ3n) is 9.33. The molecule has 3 aromatic rings. The Labute approximate surface area is 263 Å². The summed E-state index contributed by atoms with van der Waals surface area (Å²) in [5.41, 5.74) is 4.52. The fourth-order valence-electron chi connectivity index (χ4n) is 6.93. The fraction of sp³-hybridized carbons (Fsp3) is 0.514. The molecule has 0 aliphatic heterocycles. The number of anilines is 2. The molecule has 0 N–H and O–H groups in total. The maximum atomic E-state index is 13.7. The molecule has 1 saturated carbocycles. The topological polar surface area (TPSA) is 74.4 Å². The molecule has 2 aromatic carbocycles. The van der Waals surface area contributed by atoms with E-state index in [9.17, 15) is 23.2 Å². The highest BCUT2D eigenvalue weighted by Gasteiger charge is 2.32. The van der Waals surface area contributed by atoms with Crippen LogP contribution in [0.3, 0.4) is 0 Å². The second-order valence-electron chi connectivity index (χ2n) is 12.5. The Hall–Kier alpha value is -4.00. The van der Waals surface area contributed by atoms with Gasteiger partial charge in [0, 0.05) is 51.2 Å². The number of methoxy groups -OCH3 is 1. The minimum Gasteiger partial charge on any atom is -0.469 e. The third kappa shape index (κ3) is 7.81. The van der Waals surface area contributed by atoms with Crippen molar-refractivity contribution in [2.45, 2.75) is 77.6 Å². The second-order valence-corrected chi connectivity index (χ2v) is 12.5. The van der Waals surface area contributed by atoms with Crippen LogP contribution in [0, 0.1) is 23.2 Å². The number of aryl methyl sites for hydroxylation is 3. The number of hydrogen-bond donors (Lipinski definition) is 0. The molecule has 0 amide bonds. The van der Waals surface area contributed by atoms with Crippen molar-refractivity contribution in [3.63, 3.8) is 0 Å². The van der Waals surface area contributed by atoms with Gasteiger partial charge in [0.25, 0.3) is 0 Å². The minimum absolute atomic E-state index is 0.0191. The van der Waals surface area contributed by atoms with E-state index in [1.807, 2.05) is 30.3 Å². The quantitative estimate of drug-likeness (QED) is 0.223. The maximum absolute atomic E-state index is 13.7. The lowest BCUT2D eigenvalue weighted by Gasteiger charge is -2.35. The van der Waals surface area contributed by atoms with Gasteiger partial charge in [-0.25, -0.2) is 0 Å². The van der Waals surface area contributed by atoms with E-state index in [-0.39, 0.29) is 24.0 Å². The first-order valence-corrected chi connectivity index (χ1v) is 15.9. The first-order valence-electron chi connectivity index (χ1n) is 15.9. The van der Waals surface area contributed by atoms with Crippen LogP contribution in [0.2, 0.25) is 0 Å². The molecule has 1 heterocycles. The van der Waals surface area contributed by atoms with Crippen LogP contribution in [0.25, 0.3) is 0 Å². The number of alkyl halides is 3. The van der Waals surface area contributed by atoms with E-state index in [0.717, 1.165) is 87.8 Å². The molecule has 2 aliphatic rings. The summed E-state index contributed by atoms with van der Waals surface area (Å²) in [7, 11) is 3.27. The lowest BCUT2D eigenvalue weighted by molar-refractivity contribution is -0.146. The molecule has 0 atom stereocenters. The summed E-state index contributed by atoms with van der Waals surface area (Å²) < 4.78 is 47.9. The molecule has 45 heavy (non-hydrogen) atoms. The monoisotopic (exact) mass is 621 g/mol. The number of nitrogens with zero attached hydrogens (tertiary/aromatic N) is 5. The van der Waals surface area contributed by atoms with Gasteiger partial charge in [-0.1, -0.05) is 6.07 Å². The maximum Gasteiger partial charge on any atom is 0.416 e. The number of carbonyl (C=O) groups is 1. The Bertz CT molecular complexity index is 1530. The zero-order valence-electron chi connectivity index (χ0n) is 26.4. The van der Waals surface area contributed by atoms with Gasteiger partial charge in [0.15, 0.2) is 5.82 Å². The minimum atomic E-state index is -4.55. The highest BCUT2D eigenvalue weighted by molar-refractivity contribution is 5.72. The van der Waals surface area contributed by atoms with E-state index in [4.69, 9.17) is 4.74 Å². The lowest BCUT2D eigenvalue weighted by Crippen LogP contribution is -2.34. The predicted octanol–water partition coefficient (Wildman–Crippen LogP) is 7.20. The van der Waals surface area contributed by atoms with Crippen LogP contribution in [-0.2, 0) is 48.7 Å². The molecule has 0 bridgehead atoms. The van der Waals surface area contributed by atoms with Gasteiger partial charge < -0.3 is 14.5 Å². The van der Waals surface area contributed by atoms with E-state index in [1.54, 1.807) is 4.68 Å². The van der Waals surface area contributed by atoms with Crippen LogP contribution in [0.1, 0.15) is 78.8 Å². The molecule has 0 unspecified atom stereocenters. The molecule has 1 fully saturated rings. The van der Waals surface area contributed by atoms with Gasteiger partial charge in [0.05, 0.1) is 30.2 Å². The third-order valence-corrected chi connectivity index (χ3v) is 9.33. The van der Waals surface area contributed by atoms with Crippen LogP contribution in [0.4, 0.5) is 24.7 Å². The molecular weight excluding hydrogens is 579 g/mol. The van der Waals surface area contributed by atoms with Gasteiger partial charge in [-0.15, -0.1) is 0 Å². The van der Waals surface area contributed by atoms with Gasteiger partial charge in [-0.2, -0.15) is 23.5 Å². The molecule has 7 nitrogen and oxygen atoms in total. The Kier molecular flexibility index (Phi) is 10.1. The summed E-state index contributed by atoms with van der Waals surface area (Å²) in [5, 5.41) is 14.1. The first-order chi connectivity index (χ1) is 21.6. The number of hydrogen-bond acceptors (Lipinski definition) is 6. The summed E-state index contributed by atoms with van der Waals surface area (Å²) in [4.78, 5) is 16.5. The van der Waals surface area contributed by atoms with Gasteiger partial charge in [-0.3, -0.25) is 9.48 Å². The number of rotatable bonds is 10. The number of carbonyl (C=O) groups excluding carboxylic acids is 1. The van der Waals surface area contributed by atoms with Gasteiger partial charge in [0.2, 0.25) is 0 Å². The highest BCUT2D eigenvalue weighted by atomic mass is 19.4. The molecule has 0 saturated heterocycles. The van der Waals surface area contributed by atoms with Crippen molar-refractivity contribution in [1.82, 2.24) is 9.78 Å². The Morgan fingerprint density at radius 2 is 1.76 bits per heavy atom. The SMILES string of the molecule is CCN(CC1CCC(C(=O)OC)CC1)c1cc2c(cc1CN(Cc1cc(C#N)cc(C(F)(F)F)c1)c1ccn(C)n1)CCCC2. The van der Waals surface area contributed by atoms with E-state index in [2.05, 4.69) is 29.1 Å². The average molecular weight is 622 g/mol. The molecule has 0 radical (unpaired) electrons. The van der Waals surface area contributed by atoms with Crippen LogP contribution in [0.15, 0.2) is 42.6 Å². The molecule has 0 spiro atoms. The normalized spacial score (nSPS) is 18.2. The van der Waals surface area contributed by atoms with Crippen molar-refractivity contribution in [1.29, 1.82) is 5.26 Å². The van der Waals surface area contributed by atoms with Crippen molar-refractivity contribution in [3.05, 3.63) is 76.0 Å². The summed E-state index contributed by atoms with van der Waals surface area (Å²) >= 11 is 0. The Morgan fingerprint density at radius 1 is 1.04 bits per heavy atom. The van der Waals surface area contributed by atoms with Crippen molar-refractivity contribution in [3.8, 4) is 6.07 Å². The van der Waals surface area contributed by atoms with E-state index in [1.165, 1.54) is 24.3 Å². The largest absolute Gasteiger partial charge is 0.469 e. The smallest absolute Gasteiger partial charge is 0.416 e. The molecule has 5 rings (SSSR count). The van der Waals surface area contributed by atoms with Gasteiger partial charge in [0.1, 0.15) is 0 Å². The number of halogens is 3. The standard InChI is InChI=1S/C35H42F3N5O2/c1-4-42(21-24-9-11-27(12-10-24)34(44)45-3)32-19-29-8-6-5-7-28(29)18-30(32)23-43(33-13-14-41(2)40-33)22-26-15-25(20-39)16-31(17-26)35(36,37)38/h13-19,24,27H,4-12,21-23H2,1-3H3. The molecule has 10 heteroatoms. The zero-order chi connectivity index (χ0) is 32.1. The fourth-order valence-corrected chi connectivity index (χ4v) is 6.93. The summed E-state index contributed by atoms with van der Waals surface area (Å²) in [6.45, 7) is 4.45. The number of fused-ring (bicyclic) bond motifs is 1. The number of ether oxygens (including phenoxy) is 1. The lowest BCUT2D eigenvalue weighted by atomic mass is 9.81. The summed E-state index contributed by atoms with van der Waals surface area (Å²) in [6, 6.07) is 12.0. The Balaban J connectivity index is 1.48. The molecule has 1 aromatic heterocycles. The van der Waals surface area contributed by atoms with E-state index in [0.29, 0.717) is 23.8 Å². The van der Waals surface area contributed by atoms with Crippen LogP contribution in [0.5, 0.6) is 0 Å². The van der Waals surface area contributed by atoms with Gasteiger partial charge in [-0.05, 0) is 111 Å². The Morgan fingerprint density at radius 3 is 2.36 bits per heavy atom.